The molecule has 1 radical (unpaired) electrons. The van der Waals surface area contributed by atoms with Gasteiger partial charge < -0.3 is 14.7 Å². The van der Waals surface area contributed by atoms with Crippen molar-refractivity contribution >= 4 is 17.5 Å². The fourth-order valence-corrected chi connectivity index (χ4v) is 2.74. The molecule has 0 aromatic heterocycles. The number of likely N-dealkylation sites (tertiary alicyclic amines) is 1. The number of amides is 1. The minimum atomic E-state index is -0.749. The van der Waals surface area contributed by atoms with Crippen molar-refractivity contribution in [2.24, 2.45) is 0 Å². The number of carbonyl (C=O) groups is 1. The van der Waals surface area contributed by atoms with Crippen LogP contribution in [0.4, 0.5) is 0 Å². The number of ether oxygens (including phenoxy) is 1. The van der Waals surface area contributed by atoms with Gasteiger partial charge in [0, 0.05) is 63.0 Å². The maximum Gasteiger partial charge on any atom is 0.221 e. The summed E-state index contributed by atoms with van der Waals surface area (Å²) in [5.74, 6) is 0.414. The van der Waals surface area contributed by atoms with E-state index in [1.807, 2.05) is 0 Å². The normalized spacial score (nSPS) is 20.3. The van der Waals surface area contributed by atoms with Crippen molar-refractivity contribution in [2.45, 2.75) is 12.0 Å². The zero-order valence-corrected chi connectivity index (χ0v) is 16.2. The van der Waals surface area contributed by atoms with E-state index in [4.69, 9.17) is 16.3 Å². The van der Waals surface area contributed by atoms with Crippen molar-refractivity contribution in [1.29, 1.82) is 0 Å². The van der Waals surface area contributed by atoms with Gasteiger partial charge in [-0.15, -0.1) is 6.07 Å². The number of rotatable bonds is 3. The minimum Gasteiger partial charge on any atom is -0.483 e. The van der Waals surface area contributed by atoms with E-state index in [9.17, 15) is 9.90 Å². The maximum atomic E-state index is 12.2. The first kappa shape index (κ1) is 18.4. The predicted molar refractivity (Wildman–Crippen MR) is 83.2 cm³/mol. The Morgan fingerprint density at radius 1 is 1.30 bits per heavy atom. The molecule has 23 heavy (non-hydrogen) atoms. The van der Waals surface area contributed by atoms with Gasteiger partial charge in [0.1, 0.15) is 5.75 Å². The summed E-state index contributed by atoms with van der Waals surface area (Å²) in [5, 5.41) is 10.8. The first-order valence-electron chi connectivity index (χ1n) is 6.92. The van der Waals surface area contributed by atoms with Gasteiger partial charge in [-0.1, -0.05) is 17.2 Å². The Bertz CT molecular complexity index is 692. The fraction of sp³-hybridized carbons (Fsp3) is 0.235. The molecule has 1 heterocycles. The zero-order valence-electron chi connectivity index (χ0n) is 12.6. The molecular formula is C17H15ClNO3Y-. The molecule has 2 unspecified atom stereocenters. The van der Waals surface area contributed by atoms with Crippen molar-refractivity contribution in [2.75, 3.05) is 13.6 Å². The zero-order chi connectivity index (χ0) is 15.7. The summed E-state index contributed by atoms with van der Waals surface area (Å²) >= 11 is 5.86. The summed E-state index contributed by atoms with van der Waals surface area (Å²) in [6.45, 7) is 0.318. The molecule has 117 valence electrons. The second-order valence-electron chi connectivity index (χ2n) is 5.28. The quantitative estimate of drug-likeness (QED) is 0.799. The summed E-state index contributed by atoms with van der Waals surface area (Å²) in [6.07, 6.45) is -0.749. The summed E-state index contributed by atoms with van der Waals surface area (Å²) in [7, 11) is 1.68. The van der Waals surface area contributed by atoms with Crippen molar-refractivity contribution in [3.8, 4) is 11.5 Å². The van der Waals surface area contributed by atoms with Crippen LogP contribution in [0.3, 0.4) is 0 Å². The molecule has 1 amide bonds. The van der Waals surface area contributed by atoms with Crippen LogP contribution >= 0.6 is 11.6 Å². The van der Waals surface area contributed by atoms with E-state index in [1.165, 1.54) is 4.90 Å². The summed E-state index contributed by atoms with van der Waals surface area (Å²) in [6, 6.07) is 15.1. The van der Waals surface area contributed by atoms with Gasteiger partial charge in [0.25, 0.3) is 0 Å². The second kappa shape index (κ2) is 7.76. The molecule has 1 fully saturated rings. The first-order valence-corrected chi connectivity index (χ1v) is 7.30. The molecule has 0 bridgehead atoms. The van der Waals surface area contributed by atoms with Crippen LogP contribution in [0.1, 0.15) is 11.5 Å². The molecule has 3 rings (SSSR count). The largest absolute Gasteiger partial charge is 0.483 e. The van der Waals surface area contributed by atoms with Gasteiger partial charge in [0.2, 0.25) is 5.91 Å². The molecule has 4 nitrogen and oxygen atoms in total. The van der Waals surface area contributed by atoms with Crippen LogP contribution in [0, 0.1) is 6.07 Å². The van der Waals surface area contributed by atoms with Crippen LogP contribution in [0.5, 0.6) is 11.5 Å². The molecule has 1 aliphatic rings. The molecule has 2 aromatic carbocycles. The molecule has 6 heteroatoms. The number of carbonyl (C=O) groups excluding carboxylic acids is 1. The monoisotopic (exact) mass is 405 g/mol. The van der Waals surface area contributed by atoms with Crippen LogP contribution in [0.2, 0.25) is 5.02 Å². The predicted octanol–water partition coefficient (Wildman–Crippen LogP) is 2.85. The van der Waals surface area contributed by atoms with Gasteiger partial charge >= 0.3 is 0 Å². The standard InChI is InChI=1S/C17H15ClNO3.Y/c1-19-10-14(20)16(17(19)21)13-4-2-3-5-15(13)22-12-8-6-11(18)7-9-12;/h3-9,14,16,20H,10H2,1H3;/q-1;. The Hall–Kier alpha value is -0.936. The van der Waals surface area contributed by atoms with Crippen molar-refractivity contribution < 1.29 is 47.3 Å². The van der Waals surface area contributed by atoms with E-state index < -0.39 is 12.0 Å². The van der Waals surface area contributed by atoms with Crippen LogP contribution < -0.4 is 4.74 Å². The number of aliphatic hydroxyl groups is 1. The second-order valence-corrected chi connectivity index (χ2v) is 5.72. The van der Waals surface area contributed by atoms with E-state index in [0.29, 0.717) is 28.6 Å². The van der Waals surface area contributed by atoms with Crippen LogP contribution in [0.15, 0.2) is 42.5 Å². The third kappa shape index (κ3) is 3.94. The van der Waals surface area contributed by atoms with Gasteiger partial charge in [0.05, 0.1) is 6.10 Å². The first-order chi connectivity index (χ1) is 10.6. The summed E-state index contributed by atoms with van der Waals surface area (Å²) in [4.78, 5) is 13.8. The molecule has 2 atom stereocenters. The molecule has 1 saturated heterocycles. The van der Waals surface area contributed by atoms with Crippen molar-refractivity contribution in [3.63, 3.8) is 0 Å². The van der Waals surface area contributed by atoms with Gasteiger partial charge in [-0.2, -0.15) is 18.2 Å². The SMILES string of the molecule is CN1CC(O)C(c2c[c-]ccc2Oc2ccc(Cl)cc2)C1=O.[Y]. The Labute approximate surface area is 165 Å². The molecule has 0 saturated carbocycles. The molecule has 0 aliphatic carbocycles. The third-order valence-corrected chi connectivity index (χ3v) is 3.97. The number of hydrogen-bond donors (Lipinski definition) is 1. The molecular weight excluding hydrogens is 391 g/mol. The average molecular weight is 406 g/mol. The van der Waals surface area contributed by atoms with E-state index in [-0.39, 0.29) is 38.6 Å². The number of likely N-dealkylation sites (N-methyl/N-ethyl adjacent to an activating group) is 1. The van der Waals surface area contributed by atoms with Crippen LogP contribution in [-0.4, -0.2) is 35.6 Å². The number of β-amino-alcohol motifs (C(OH)–C–C–N with tert-alkyl or cyclic N) is 1. The number of nitrogens with zero attached hydrogens (tertiary/aromatic N) is 1. The summed E-state index contributed by atoms with van der Waals surface area (Å²) in [5.41, 5.74) is 0.638. The third-order valence-electron chi connectivity index (χ3n) is 3.72. The van der Waals surface area contributed by atoms with Gasteiger partial charge in [-0.25, -0.2) is 0 Å². The van der Waals surface area contributed by atoms with Crippen molar-refractivity contribution in [1.82, 2.24) is 4.90 Å². The Morgan fingerprint density at radius 2 is 2.00 bits per heavy atom. The van der Waals surface area contributed by atoms with Gasteiger partial charge in [-0.05, 0) is 24.3 Å². The van der Waals surface area contributed by atoms with E-state index in [0.717, 1.165) is 0 Å². The Balaban J connectivity index is 0.00000192. The van der Waals surface area contributed by atoms with E-state index in [2.05, 4.69) is 6.07 Å². The smallest absolute Gasteiger partial charge is 0.221 e. The maximum absolute atomic E-state index is 12.2. The molecule has 2 aromatic rings. The molecule has 1 aliphatic heterocycles. The van der Waals surface area contributed by atoms with Crippen LogP contribution in [-0.2, 0) is 37.5 Å². The van der Waals surface area contributed by atoms with Crippen LogP contribution in [0.25, 0.3) is 0 Å². The number of aliphatic hydroxyl groups excluding tert-OH is 1. The Kier molecular flexibility index (Phi) is 6.21. The summed E-state index contributed by atoms with van der Waals surface area (Å²) < 4.78 is 5.85. The number of hydrogen-bond acceptors (Lipinski definition) is 3. The number of benzene rings is 2. The van der Waals surface area contributed by atoms with Gasteiger partial charge in [-0.3, -0.25) is 4.79 Å². The fourth-order valence-electron chi connectivity index (χ4n) is 2.61. The molecule has 0 spiro atoms. The number of halogens is 1. The molecule has 1 N–H and O–H groups in total. The van der Waals surface area contributed by atoms with Gasteiger partial charge in [0.15, 0.2) is 0 Å². The Morgan fingerprint density at radius 3 is 2.61 bits per heavy atom. The topological polar surface area (TPSA) is 49.8 Å². The van der Waals surface area contributed by atoms with E-state index in [1.54, 1.807) is 49.5 Å². The van der Waals surface area contributed by atoms with E-state index >= 15 is 0 Å². The minimum absolute atomic E-state index is 0. The average Bonchev–Trinajstić information content (AvgIpc) is 2.75. The van der Waals surface area contributed by atoms with Crippen molar-refractivity contribution in [3.05, 3.63) is 59.1 Å².